The maximum Gasteiger partial charge on any atom is 0.161 e. The van der Waals surface area contributed by atoms with Gasteiger partial charge in [-0.1, -0.05) is 18.9 Å². The van der Waals surface area contributed by atoms with Crippen molar-refractivity contribution < 1.29 is 9.47 Å². The summed E-state index contributed by atoms with van der Waals surface area (Å²) in [6.45, 7) is 0.744. The zero-order chi connectivity index (χ0) is 13.0. The van der Waals surface area contributed by atoms with Crippen molar-refractivity contribution in [2.24, 2.45) is 5.73 Å². The Morgan fingerprint density at radius 3 is 2.33 bits per heavy atom. The average molecular weight is 249 g/mol. The molecule has 0 saturated heterocycles. The van der Waals surface area contributed by atoms with Gasteiger partial charge in [0.2, 0.25) is 0 Å². The fraction of sp³-hybridized carbons (Fsp3) is 0.600. The summed E-state index contributed by atoms with van der Waals surface area (Å²) in [5, 5.41) is 0. The molecule has 18 heavy (non-hydrogen) atoms. The predicted octanol–water partition coefficient (Wildman–Crippen LogP) is 2.86. The molecule has 2 N–H and O–H groups in total. The van der Waals surface area contributed by atoms with Crippen molar-refractivity contribution in [1.82, 2.24) is 0 Å². The van der Waals surface area contributed by atoms with Crippen LogP contribution in [0.2, 0.25) is 0 Å². The van der Waals surface area contributed by atoms with Gasteiger partial charge in [-0.25, -0.2) is 0 Å². The van der Waals surface area contributed by atoms with Gasteiger partial charge in [0, 0.05) is 0 Å². The Bertz CT molecular complexity index is 397. The molecule has 3 heteroatoms. The van der Waals surface area contributed by atoms with Gasteiger partial charge in [0.05, 0.1) is 14.2 Å². The first-order valence-electron chi connectivity index (χ1n) is 6.68. The molecule has 1 aliphatic rings. The number of rotatable bonds is 5. The van der Waals surface area contributed by atoms with Crippen LogP contribution < -0.4 is 15.2 Å². The third kappa shape index (κ3) is 2.32. The molecule has 1 saturated carbocycles. The van der Waals surface area contributed by atoms with E-state index in [9.17, 15) is 0 Å². The van der Waals surface area contributed by atoms with Crippen LogP contribution in [-0.4, -0.2) is 20.8 Å². The topological polar surface area (TPSA) is 44.5 Å². The Hall–Kier alpha value is -1.22. The van der Waals surface area contributed by atoms with Crippen molar-refractivity contribution in [1.29, 1.82) is 0 Å². The fourth-order valence-electron chi connectivity index (χ4n) is 3.18. The van der Waals surface area contributed by atoms with Gasteiger partial charge in [-0.3, -0.25) is 0 Å². The number of ether oxygens (including phenoxy) is 2. The first-order chi connectivity index (χ1) is 8.75. The molecule has 0 spiro atoms. The van der Waals surface area contributed by atoms with Gasteiger partial charge in [-0.05, 0) is 48.9 Å². The van der Waals surface area contributed by atoms with Crippen LogP contribution >= 0.6 is 0 Å². The molecule has 0 heterocycles. The Kier molecular flexibility index (Phi) is 4.12. The van der Waals surface area contributed by atoms with Crippen molar-refractivity contribution in [2.75, 3.05) is 20.8 Å². The highest BCUT2D eigenvalue weighted by Gasteiger charge is 2.35. The van der Waals surface area contributed by atoms with Gasteiger partial charge in [-0.2, -0.15) is 0 Å². The zero-order valence-corrected chi connectivity index (χ0v) is 11.4. The van der Waals surface area contributed by atoms with Crippen molar-refractivity contribution in [3.63, 3.8) is 0 Å². The lowest BCUT2D eigenvalue weighted by molar-refractivity contribution is 0.350. The van der Waals surface area contributed by atoms with E-state index in [2.05, 4.69) is 12.1 Å². The monoisotopic (exact) mass is 249 g/mol. The van der Waals surface area contributed by atoms with E-state index in [1.807, 2.05) is 6.07 Å². The maximum absolute atomic E-state index is 5.80. The van der Waals surface area contributed by atoms with Crippen molar-refractivity contribution in [3.05, 3.63) is 23.8 Å². The van der Waals surface area contributed by atoms with Crippen LogP contribution in [0.4, 0.5) is 0 Å². The third-order valence-electron chi connectivity index (χ3n) is 4.18. The van der Waals surface area contributed by atoms with E-state index in [0.29, 0.717) is 0 Å². The van der Waals surface area contributed by atoms with Crippen LogP contribution in [-0.2, 0) is 5.41 Å². The number of hydrogen-bond acceptors (Lipinski definition) is 3. The third-order valence-corrected chi connectivity index (χ3v) is 4.18. The summed E-state index contributed by atoms with van der Waals surface area (Å²) in [4.78, 5) is 0. The lowest BCUT2D eigenvalue weighted by atomic mass is 9.76. The van der Waals surface area contributed by atoms with Crippen LogP contribution in [0.15, 0.2) is 18.2 Å². The number of benzene rings is 1. The molecule has 0 unspecified atom stereocenters. The first-order valence-corrected chi connectivity index (χ1v) is 6.68. The van der Waals surface area contributed by atoms with E-state index < -0.39 is 0 Å². The molecule has 1 aliphatic carbocycles. The lowest BCUT2D eigenvalue weighted by Crippen LogP contribution is -2.25. The van der Waals surface area contributed by atoms with Crippen LogP contribution in [0.5, 0.6) is 11.5 Å². The van der Waals surface area contributed by atoms with Gasteiger partial charge in [-0.15, -0.1) is 0 Å². The van der Waals surface area contributed by atoms with Crippen molar-refractivity contribution in [2.45, 2.75) is 37.5 Å². The predicted molar refractivity (Wildman–Crippen MR) is 73.4 cm³/mol. The number of nitrogens with two attached hydrogens (primary N) is 1. The molecule has 0 aliphatic heterocycles. The SMILES string of the molecule is COc1ccc(C2(CCN)CCCC2)cc1OC. The second-order valence-corrected chi connectivity index (χ2v) is 5.10. The van der Waals surface area contributed by atoms with E-state index in [1.54, 1.807) is 14.2 Å². The van der Waals surface area contributed by atoms with E-state index in [4.69, 9.17) is 15.2 Å². The van der Waals surface area contributed by atoms with Crippen molar-refractivity contribution >= 4 is 0 Å². The quantitative estimate of drug-likeness (QED) is 0.872. The normalized spacial score (nSPS) is 17.7. The summed E-state index contributed by atoms with van der Waals surface area (Å²) in [6, 6.07) is 6.30. The fourth-order valence-corrected chi connectivity index (χ4v) is 3.18. The van der Waals surface area contributed by atoms with Crippen LogP contribution in [0.25, 0.3) is 0 Å². The largest absolute Gasteiger partial charge is 0.493 e. The van der Waals surface area contributed by atoms with Gasteiger partial charge in [0.25, 0.3) is 0 Å². The minimum absolute atomic E-state index is 0.258. The summed E-state index contributed by atoms with van der Waals surface area (Å²) in [7, 11) is 3.36. The van der Waals surface area contributed by atoms with Gasteiger partial charge in [0.1, 0.15) is 0 Å². The molecule has 0 atom stereocenters. The maximum atomic E-state index is 5.80. The van der Waals surface area contributed by atoms with Crippen LogP contribution in [0, 0.1) is 0 Å². The molecule has 0 bridgehead atoms. The molecule has 0 amide bonds. The summed E-state index contributed by atoms with van der Waals surface area (Å²) in [5.41, 5.74) is 7.41. The Labute approximate surface area is 109 Å². The number of hydrogen-bond donors (Lipinski definition) is 1. The van der Waals surface area contributed by atoms with Crippen LogP contribution in [0.1, 0.15) is 37.7 Å². The van der Waals surface area contributed by atoms with Crippen LogP contribution in [0.3, 0.4) is 0 Å². The zero-order valence-electron chi connectivity index (χ0n) is 11.4. The van der Waals surface area contributed by atoms with Gasteiger partial charge in [0.15, 0.2) is 11.5 Å². The van der Waals surface area contributed by atoms with E-state index in [-0.39, 0.29) is 5.41 Å². The molecular weight excluding hydrogens is 226 g/mol. The summed E-state index contributed by atoms with van der Waals surface area (Å²) in [6.07, 6.45) is 6.13. The molecule has 2 rings (SSSR count). The summed E-state index contributed by atoms with van der Waals surface area (Å²) < 4.78 is 10.7. The lowest BCUT2D eigenvalue weighted by Gasteiger charge is -2.29. The minimum atomic E-state index is 0.258. The summed E-state index contributed by atoms with van der Waals surface area (Å²) in [5.74, 6) is 1.61. The summed E-state index contributed by atoms with van der Waals surface area (Å²) >= 11 is 0. The molecular formula is C15H23NO2. The van der Waals surface area contributed by atoms with E-state index in [1.165, 1.54) is 31.2 Å². The van der Waals surface area contributed by atoms with Crippen molar-refractivity contribution in [3.8, 4) is 11.5 Å². The highest BCUT2D eigenvalue weighted by atomic mass is 16.5. The molecule has 0 radical (unpaired) electrons. The average Bonchev–Trinajstić information content (AvgIpc) is 2.88. The molecule has 0 aromatic heterocycles. The number of methoxy groups -OCH3 is 2. The molecule has 1 fully saturated rings. The highest BCUT2D eigenvalue weighted by Crippen LogP contribution is 2.45. The molecule has 100 valence electrons. The first kappa shape index (κ1) is 13.2. The van der Waals surface area contributed by atoms with Gasteiger partial charge < -0.3 is 15.2 Å². The van der Waals surface area contributed by atoms with E-state index >= 15 is 0 Å². The standard InChI is InChI=1S/C15H23NO2/c1-17-13-6-5-12(11-14(13)18-2)15(9-10-16)7-3-4-8-15/h5-6,11H,3-4,7-10,16H2,1-2H3. The smallest absolute Gasteiger partial charge is 0.161 e. The highest BCUT2D eigenvalue weighted by molar-refractivity contribution is 5.45. The Morgan fingerprint density at radius 1 is 1.11 bits per heavy atom. The minimum Gasteiger partial charge on any atom is -0.493 e. The van der Waals surface area contributed by atoms with Gasteiger partial charge >= 0.3 is 0 Å². The second kappa shape index (κ2) is 5.61. The molecule has 1 aromatic carbocycles. The molecule has 1 aromatic rings. The Morgan fingerprint density at radius 2 is 1.78 bits per heavy atom. The molecule has 3 nitrogen and oxygen atoms in total. The van der Waals surface area contributed by atoms with E-state index in [0.717, 1.165) is 24.5 Å². The Balaban J connectivity index is 2.36. The second-order valence-electron chi connectivity index (χ2n) is 5.10.